The van der Waals surface area contributed by atoms with Gasteiger partial charge in [0.05, 0.1) is 49.0 Å². The van der Waals surface area contributed by atoms with Gasteiger partial charge in [0.25, 0.3) is 17.7 Å². The molecule has 0 fully saturated rings. The SMILES string of the molecule is COc1ccc(NC(=O)c2cccc(CSc3ncnc4[nH]ncc34)c2)cc1OC.O=C(Nc1ccc(Cl)cc1)c1cccc(CSc2ncnc3[nH]ncc23)c1.O=C(Nc1cccc2cnccc12)c1cccc(CSc2ncnc3[nH]ncc23)c1. The lowest BCUT2D eigenvalue weighted by Crippen LogP contribution is -2.12. The molecule has 0 bridgehead atoms. The Morgan fingerprint density at radius 1 is 0.460 bits per heavy atom. The summed E-state index contributed by atoms with van der Waals surface area (Å²) in [5, 5.41) is 37.1. The predicted molar refractivity (Wildman–Crippen MR) is 340 cm³/mol. The number of amides is 3. The fourth-order valence-corrected chi connectivity index (χ4v) is 11.6. The summed E-state index contributed by atoms with van der Waals surface area (Å²) in [6, 6.07) is 42.6. The van der Waals surface area contributed by atoms with E-state index >= 15 is 0 Å². The molecule has 432 valence electrons. The second-order valence-corrected chi connectivity index (χ2v) is 22.1. The van der Waals surface area contributed by atoms with Crippen molar-refractivity contribution in [3.63, 3.8) is 0 Å². The van der Waals surface area contributed by atoms with Crippen molar-refractivity contribution in [3.8, 4) is 11.5 Å². The number of carbonyl (C=O) groups excluding carboxylic acids is 3. The van der Waals surface area contributed by atoms with Crippen molar-refractivity contribution < 1.29 is 23.9 Å². The molecule has 0 unspecified atom stereocenters. The van der Waals surface area contributed by atoms with Crippen LogP contribution in [0.5, 0.6) is 11.5 Å². The normalized spacial score (nSPS) is 10.9. The average molecular weight is 1230 g/mol. The maximum atomic E-state index is 12.9. The molecule has 7 aromatic heterocycles. The lowest BCUT2D eigenvalue weighted by atomic mass is 10.1. The van der Waals surface area contributed by atoms with Crippen molar-refractivity contribution >= 4 is 126 Å². The van der Waals surface area contributed by atoms with Gasteiger partial charge in [0, 0.05) is 85.3 Å². The van der Waals surface area contributed by atoms with Crippen LogP contribution in [0.1, 0.15) is 47.8 Å². The summed E-state index contributed by atoms with van der Waals surface area (Å²) in [4.78, 5) is 67.6. The first kappa shape index (κ1) is 58.5. The fraction of sp³-hybridized carbons (Fsp3) is 0.0806. The maximum Gasteiger partial charge on any atom is 0.255 e. The van der Waals surface area contributed by atoms with E-state index in [0.29, 0.717) is 78.8 Å². The molecule has 25 heteroatoms. The Bertz CT molecular complexity index is 4560. The Morgan fingerprint density at radius 2 is 0.908 bits per heavy atom. The minimum absolute atomic E-state index is 0.148. The summed E-state index contributed by atoms with van der Waals surface area (Å²) >= 11 is 10.6. The first-order valence-electron chi connectivity index (χ1n) is 26.5. The molecule has 0 atom stereocenters. The first-order valence-corrected chi connectivity index (χ1v) is 29.8. The van der Waals surface area contributed by atoms with E-state index in [9.17, 15) is 14.4 Å². The summed E-state index contributed by atoms with van der Waals surface area (Å²) in [5.41, 5.74) is 9.06. The van der Waals surface area contributed by atoms with E-state index < -0.39 is 0 Å². The molecule has 0 aliphatic carbocycles. The zero-order valence-corrected chi connectivity index (χ0v) is 49.3. The molecule has 0 saturated heterocycles. The molecule has 7 heterocycles. The number of pyridine rings is 1. The van der Waals surface area contributed by atoms with Gasteiger partial charge in [0.15, 0.2) is 28.4 Å². The van der Waals surface area contributed by atoms with Crippen molar-refractivity contribution in [3.05, 3.63) is 228 Å². The van der Waals surface area contributed by atoms with E-state index in [0.717, 1.165) is 64.4 Å². The lowest BCUT2D eigenvalue weighted by Gasteiger charge is -2.11. The van der Waals surface area contributed by atoms with Crippen molar-refractivity contribution in [1.29, 1.82) is 0 Å². The van der Waals surface area contributed by atoms with Gasteiger partial charge in [-0.25, -0.2) is 29.9 Å². The van der Waals surface area contributed by atoms with Gasteiger partial charge in [-0.15, -0.1) is 35.3 Å². The number of hydrogen-bond acceptors (Lipinski definition) is 18. The Kier molecular flexibility index (Phi) is 18.9. The number of thioether (sulfide) groups is 3. The molecule has 6 N–H and O–H groups in total. The Hall–Kier alpha value is -10.3. The highest BCUT2D eigenvalue weighted by Gasteiger charge is 2.15. The van der Waals surface area contributed by atoms with E-state index in [-0.39, 0.29) is 17.7 Å². The van der Waals surface area contributed by atoms with Crippen LogP contribution in [0.25, 0.3) is 43.9 Å². The number of anilines is 3. The second-order valence-electron chi connectivity index (χ2n) is 18.7. The zero-order chi connectivity index (χ0) is 59.9. The maximum absolute atomic E-state index is 12.9. The third-order valence-corrected chi connectivity index (χ3v) is 16.5. The molecule has 21 nitrogen and oxygen atoms in total. The molecule has 13 aromatic rings. The number of benzene rings is 6. The van der Waals surface area contributed by atoms with Crippen LogP contribution in [0.4, 0.5) is 17.1 Å². The van der Waals surface area contributed by atoms with Crippen molar-refractivity contribution in [2.24, 2.45) is 0 Å². The number of aromatic amines is 3. The monoisotopic (exact) mass is 1230 g/mol. The van der Waals surface area contributed by atoms with E-state index in [4.69, 9.17) is 21.1 Å². The summed E-state index contributed by atoms with van der Waals surface area (Å²) in [7, 11) is 3.12. The van der Waals surface area contributed by atoms with Crippen molar-refractivity contribution in [2.75, 3.05) is 30.2 Å². The predicted octanol–water partition coefficient (Wildman–Crippen LogP) is 12.9. The lowest BCUT2D eigenvalue weighted by molar-refractivity contribution is 0.101. The van der Waals surface area contributed by atoms with E-state index in [1.165, 1.54) is 19.0 Å². The molecule has 0 radical (unpaired) electrons. The van der Waals surface area contributed by atoms with Crippen LogP contribution in [0.3, 0.4) is 0 Å². The van der Waals surface area contributed by atoms with Gasteiger partial charge in [-0.3, -0.25) is 34.7 Å². The molecular weight excluding hydrogens is 1180 g/mol. The number of fused-ring (bicyclic) bond motifs is 4. The van der Waals surface area contributed by atoms with Crippen LogP contribution in [-0.4, -0.2) is 97.4 Å². The van der Waals surface area contributed by atoms with E-state index in [2.05, 4.69) is 81.4 Å². The van der Waals surface area contributed by atoms with Gasteiger partial charge in [0.2, 0.25) is 0 Å². The minimum Gasteiger partial charge on any atom is -0.493 e. The third kappa shape index (κ3) is 14.8. The molecule has 6 aromatic carbocycles. The van der Waals surface area contributed by atoms with Gasteiger partial charge in [0.1, 0.15) is 34.1 Å². The van der Waals surface area contributed by atoms with Crippen molar-refractivity contribution in [2.45, 2.75) is 32.3 Å². The van der Waals surface area contributed by atoms with Gasteiger partial charge in [-0.1, -0.05) is 60.1 Å². The van der Waals surface area contributed by atoms with Crippen LogP contribution < -0.4 is 25.4 Å². The largest absolute Gasteiger partial charge is 0.493 e. The summed E-state index contributed by atoms with van der Waals surface area (Å²) in [5.74, 6) is 2.66. The topological polar surface area (TPSA) is 282 Å². The molecule has 13 rings (SSSR count). The number of aromatic nitrogens is 13. The van der Waals surface area contributed by atoms with Crippen molar-refractivity contribution in [1.82, 2.24) is 65.5 Å². The van der Waals surface area contributed by atoms with Gasteiger partial charge < -0.3 is 25.4 Å². The molecule has 0 spiro atoms. The van der Waals surface area contributed by atoms with Crippen LogP contribution in [-0.2, 0) is 17.3 Å². The van der Waals surface area contributed by atoms with Crippen LogP contribution in [0.15, 0.2) is 205 Å². The molecule has 0 saturated carbocycles. The Morgan fingerprint density at radius 3 is 1.39 bits per heavy atom. The summed E-state index contributed by atoms with van der Waals surface area (Å²) in [6.45, 7) is 0. The molecule has 3 amide bonds. The van der Waals surface area contributed by atoms with E-state index in [1.807, 2.05) is 84.9 Å². The molecular formula is C62H49ClN16O5S3. The minimum atomic E-state index is -0.201. The smallest absolute Gasteiger partial charge is 0.255 e. The van der Waals surface area contributed by atoms with Crippen LogP contribution in [0, 0.1) is 0 Å². The quantitative estimate of drug-likeness (QED) is 0.0365. The number of H-pyrrole nitrogens is 3. The van der Waals surface area contributed by atoms with Gasteiger partial charge in [-0.05, 0) is 102 Å². The number of halogens is 1. The average Bonchev–Trinajstić information content (AvgIpc) is 4.33. The zero-order valence-electron chi connectivity index (χ0n) is 46.1. The van der Waals surface area contributed by atoms with Gasteiger partial charge >= 0.3 is 0 Å². The molecule has 0 aliphatic heterocycles. The number of ether oxygens (including phenoxy) is 2. The standard InChI is InChI=1S/C22H16N6OS.C21H19N5O3S.C19H14ClN5OS/c29-21(27-19-6-2-5-16-10-23-8-7-17(16)19)15-4-1-3-14(9-15)12-30-22-18-11-26-28-20(18)24-13-25-22;1-28-17-7-6-15(9-18(17)29-2)25-20(27)14-5-3-4-13(8-14)11-30-21-16-10-24-26-19(16)22-12-23-21;20-14-4-6-15(7-5-14)24-18(26)13-3-1-2-12(8-13)10-27-19-16-9-23-25-17(16)21-11-22-19/h1-11,13H,12H2,(H,27,29)(H,24,25,26,28);3-10,12H,11H2,1-2H3,(H,25,27)(H,22,23,24,26);1-9,11H,10H2,(H,24,26)(H,21,22,23,25). The van der Waals surface area contributed by atoms with E-state index in [1.54, 1.807) is 135 Å². The highest BCUT2D eigenvalue weighted by atomic mass is 35.5. The highest BCUT2D eigenvalue weighted by Crippen LogP contribution is 2.32. The van der Waals surface area contributed by atoms with Crippen LogP contribution >= 0.6 is 46.9 Å². The first-order chi connectivity index (χ1) is 42.6. The molecule has 0 aliphatic rings. The third-order valence-electron chi connectivity index (χ3n) is 13.0. The van der Waals surface area contributed by atoms with Gasteiger partial charge in [-0.2, -0.15) is 15.3 Å². The Labute approximate surface area is 513 Å². The highest BCUT2D eigenvalue weighted by molar-refractivity contribution is 7.99. The molecule has 87 heavy (non-hydrogen) atoms. The number of nitrogens with zero attached hydrogens (tertiary/aromatic N) is 10. The number of carbonyl (C=O) groups is 3. The van der Waals surface area contributed by atoms with Crippen LogP contribution in [0.2, 0.25) is 5.02 Å². The second kappa shape index (κ2) is 28.1. The summed E-state index contributed by atoms with van der Waals surface area (Å²) in [6.07, 6.45) is 13.2. The summed E-state index contributed by atoms with van der Waals surface area (Å²) < 4.78 is 10.5. The number of methoxy groups -OCH3 is 2. The fourth-order valence-electron chi connectivity index (χ4n) is 8.72. The Balaban J connectivity index is 0.000000135. The number of rotatable bonds is 17. The number of nitrogens with one attached hydrogen (secondary N) is 6. The number of hydrogen-bond donors (Lipinski definition) is 6.